The van der Waals surface area contributed by atoms with Crippen LogP contribution in [0.4, 0.5) is 17.1 Å². The van der Waals surface area contributed by atoms with Gasteiger partial charge in [-0.1, -0.05) is 250 Å². The van der Waals surface area contributed by atoms with Gasteiger partial charge in [0, 0.05) is 22.4 Å². The smallest absolute Gasteiger partial charge is 0.0713 e. The first-order chi connectivity index (χ1) is 36.6. The third-order valence-corrected chi connectivity index (χ3v) is 17.2. The van der Waals surface area contributed by atoms with Crippen molar-refractivity contribution in [3.63, 3.8) is 0 Å². The van der Waals surface area contributed by atoms with E-state index < -0.39 is 5.41 Å². The monoisotopic (exact) mass is 947 g/mol. The standard InChI is InChI=1S/C73H57N/c1-72(53-27-8-3-9-28-53)65-39-17-14-33-60(65)61-48-47-57(49-68(61)72)74(69-42-19-16-34-62(69)63-38-21-26-52-25-20-36-58(70(52)63)50-23-6-2-7-24-50)56-45-43-51(44-46-56)59-37-22-41-67-71(59)64-35-15-18-40-66(64)73(67,54-29-10-4-11-30-54)55-31-12-5-13-32-55/h3-5,8-22,25-50H,2,6-7,23-24H2,1H3. The fourth-order valence-corrected chi connectivity index (χ4v) is 13.9. The summed E-state index contributed by atoms with van der Waals surface area (Å²) in [6, 6.07) is 98.3. The van der Waals surface area contributed by atoms with Crippen molar-refractivity contribution in [2.45, 2.75) is 55.8 Å². The highest BCUT2D eigenvalue weighted by atomic mass is 15.1. The fourth-order valence-electron chi connectivity index (χ4n) is 13.9. The van der Waals surface area contributed by atoms with Crippen molar-refractivity contribution in [2.24, 2.45) is 0 Å². The van der Waals surface area contributed by atoms with Gasteiger partial charge in [0.2, 0.25) is 0 Å². The number of rotatable bonds is 9. The molecule has 11 aromatic carbocycles. The lowest BCUT2D eigenvalue weighted by atomic mass is 9.67. The zero-order chi connectivity index (χ0) is 49.2. The van der Waals surface area contributed by atoms with Gasteiger partial charge in [0.15, 0.2) is 0 Å². The van der Waals surface area contributed by atoms with E-state index >= 15 is 0 Å². The predicted octanol–water partition coefficient (Wildman–Crippen LogP) is 19.4. The minimum atomic E-state index is -0.467. The lowest BCUT2D eigenvalue weighted by molar-refractivity contribution is 0.445. The zero-order valence-corrected chi connectivity index (χ0v) is 41.9. The second-order valence-electron chi connectivity index (χ2n) is 21.0. The Hall–Kier alpha value is -8.52. The van der Waals surface area contributed by atoms with Crippen molar-refractivity contribution >= 4 is 27.8 Å². The summed E-state index contributed by atoms with van der Waals surface area (Å²) >= 11 is 0. The van der Waals surface area contributed by atoms with Gasteiger partial charge in [0.05, 0.1) is 11.1 Å². The van der Waals surface area contributed by atoms with Crippen LogP contribution < -0.4 is 4.90 Å². The van der Waals surface area contributed by atoms with Gasteiger partial charge in [-0.05, 0) is 150 Å². The molecular formula is C73H57N. The molecule has 1 heteroatoms. The van der Waals surface area contributed by atoms with Crippen LogP contribution in [0.15, 0.2) is 261 Å². The minimum absolute atomic E-state index is 0.346. The molecule has 1 nitrogen and oxygen atoms in total. The van der Waals surface area contributed by atoms with Crippen molar-refractivity contribution in [3.05, 3.63) is 305 Å². The van der Waals surface area contributed by atoms with E-state index in [1.807, 2.05) is 0 Å². The molecule has 3 aliphatic rings. The quantitative estimate of drug-likeness (QED) is 0.139. The Kier molecular flexibility index (Phi) is 10.7. The summed E-state index contributed by atoms with van der Waals surface area (Å²) in [5, 5.41) is 2.71. The Balaban J connectivity index is 0.972. The largest absolute Gasteiger partial charge is 0.310 e. The molecule has 1 fully saturated rings. The molecule has 1 unspecified atom stereocenters. The molecular weight excluding hydrogens is 891 g/mol. The third-order valence-electron chi connectivity index (χ3n) is 17.2. The number of hydrogen-bond donors (Lipinski definition) is 0. The number of fused-ring (bicyclic) bond motifs is 7. The Morgan fingerprint density at radius 3 is 1.61 bits per heavy atom. The van der Waals surface area contributed by atoms with Crippen LogP contribution in [-0.4, -0.2) is 0 Å². The second-order valence-corrected chi connectivity index (χ2v) is 21.0. The molecule has 0 spiro atoms. The molecule has 1 saturated carbocycles. The van der Waals surface area contributed by atoms with Crippen LogP contribution in [0.2, 0.25) is 0 Å². The normalized spacial score (nSPS) is 16.3. The molecule has 0 bridgehead atoms. The molecule has 0 aliphatic heterocycles. The molecule has 1 atom stereocenters. The van der Waals surface area contributed by atoms with Gasteiger partial charge in [0.1, 0.15) is 0 Å². The number of nitrogens with zero attached hydrogens (tertiary/aromatic N) is 1. The van der Waals surface area contributed by atoms with Crippen molar-refractivity contribution in [3.8, 4) is 44.5 Å². The first-order valence-corrected chi connectivity index (χ1v) is 26.8. The van der Waals surface area contributed by atoms with E-state index in [1.165, 1.54) is 132 Å². The van der Waals surface area contributed by atoms with Crippen LogP contribution >= 0.6 is 0 Å². The van der Waals surface area contributed by atoms with Crippen LogP contribution in [0.1, 0.15) is 89.5 Å². The highest BCUT2D eigenvalue weighted by molar-refractivity contribution is 6.04. The van der Waals surface area contributed by atoms with Crippen molar-refractivity contribution in [1.82, 2.24) is 0 Å². The average molecular weight is 948 g/mol. The number of benzene rings is 11. The van der Waals surface area contributed by atoms with Crippen LogP contribution in [0.3, 0.4) is 0 Å². The lowest BCUT2D eigenvalue weighted by Crippen LogP contribution is -2.28. The van der Waals surface area contributed by atoms with Gasteiger partial charge in [-0.25, -0.2) is 0 Å². The van der Waals surface area contributed by atoms with E-state index in [0.29, 0.717) is 5.92 Å². The van der Waals surface area contributed by atoms with Crippen molar-refractivity contribution < 1.29 is 0 Å². The lowest BCUT2D eigenvalue weighted by Gasteiger charge is -2.34. The maximum atomic E-state index is 2.54. The topological polar surface area (TPSA) is 3.24 Å². The Labute approximate surface area is 436 Å². The average Bonchev–Trinajstić information content (AvgIpc) is 3.94. The summed E-state index contributed by atoms with van der Waals surface area (Å²) in [6.07, 6.45) is 6.43. The molecule has 354 valence electrons. The number of para-hydroxylation sites is 1. The van der Waals surface area contributed by atoms with E-state index in [2.05, 4.69) is 273 Å². The van der Waals surface area contributed by atoms with Gasteiger partial charge >= 0.3 is 0 Å². The van der Waals surface area contributed by atoms with E-state index in [9.17, 15) is 0 Å². The zero-order valence-electron chi connectivity index (χ0n) is 41.9. The maximum Gasteiger partial charge on any atom is 0.0713 e. The fraction of sp³-hybridized carbons (Fsp3) is 0.123. The summed E-state index contributed by atoms with van der Waals surface area (Å²) in [6.45, 7) is 2.42. The predicted molar refractivity (Wildman–Crippen MR) is 310 cm³/mol. The van der Waals surface area contributed by atoms with Crippen LogP contribution in [0.5, 0.6) is 0 Å². The SMILES string of the molecule is CC1(c2ccccc2)c2ccccc2-c2ccc(N(c3ccc(-c4cccc5c4-c4ccccc4C5(c4ccccc4)c4ccccc4)cc3)c3ccccc3-c3cccc4cccc(C5CCCCC5)c34)cc21. The van der Waals surface area contributed by atoms with Gasteiger partial charge in [-0.2, -0.15) is 0 Å². The first-order valence-electron chi connectivity index (χ1n) is 26.8. The number of anilines is 3. The summed E-state index contributed by atoms with van der Waals surface area (Å²) in [5.74, 6) is 0.565. The summed E-state index contributed by atoms with van der Waals surface area (Å²) < 4.78 is 0. The van der Waals surface area contributed by atoms with E-state index in [0.717, 1.165) is 17.1 Å². The second kappa shape index (κ2) is 17.9. The van der Waals surface area contributed by atoms with Gasteiger partial charge in [-0.15, -0.1) is 0 Å². The van der Waals surface area contributed by atoms with Crippen molar-refractivity contribution in [2.75, 3.05) is 4.90 Å². The Morgan fingerprint density at radius 1 is 0.365 bits per heavy atom. The van der Waals surface area contributed by atoms with Crippen LogP contribution in [0, 0.1) is 0 Å². The van der Waals surface area contributed by atoms with Gasteiger partial charge < -0.3 is 4.90 Å². The third kappa shape index (κ3) is 6.76. The molecule has 0 radical (unpaired) electrons. The molecule has 11 aromatic rings. The highest BCUT2D eigenvalue weighted by Crippen LogP contribution is 2.59. The summed E-state index contributed by atoms with van der Waals surface area (Å²) in [4.78, 5) is 2.54. The first kappa shape index (κ1) is 44.2. The molecule has 0 N–H and O–H groups in total. The molecule has 0 aromatic heterocycles. The molecule has 14 rings (SSSR count). The van der Waals surface area contributed by atoms with Crippen LogP contribution in [-0.2, 0) is 10.8 Å². The Bertz CT molecular complexity index is 3840. The number of hydrogen-bond acceptors (Lipinski definition) is 1. The van der Waals surface area contributed by atoms with Crippen LogP contribution in [0.25, 0.3) is 55.3 Å². The van der Waals surface area contributed by atoms with E-state index in [1.54, 1.807) is 0 Å². The Morgan fingerprint density at radius 2 is 0.892 bits per heavy atom. The summed E-state index contributed by atoms with van der Waals surface area (Å²) in [7, 11) is 0. The molecule has 0 amide bonds. The summed E-state index contributed by atoms with van der Waals surface area (Å²) in [5.41, 5.74) is 23.4. The van der Waals surface area contributed by atoms with E-state index in [-0.39, 0.29) is 5.41 Å². The molecule has 74 heavy (non-hydrogen) atoms. The highest BCUT2D eigenvalue weighted by Gasteiger charge is 2.47. The molecule has 3 aliphatic carbocycles. The van der Waals surface area contributed by atoms with Crippen molar-refractivity contribution in [1.29, 1.82) is 0 Å². The maximum absolute atomic E-state index is 2.54. The van der Waals surface area contributed by atoms with Gasteiger partial charge in [0.25, 0.3) is 0 Å². The van der Waals surface area contributed by atoms with Gasteiger partial charge in [-0.3, -0.25) is 0 Å². The van der Waals surface area contributed by atoms with E-state index in [4.69, 9.17) is 0 Å². The molecule has 0 saturated heterocycles. The molecule has 0 heterocycles. The minimum Gasteiger partial charge on any atom is -0.310 e.